The van der Waals surface area contributed by atoms with Crippen LogP contribution in [0.4, 0.5) is 45.2 Å². The Labute approximate surface area is 212 Å². The highest BCUT2D eigenvalue weighted by atomic mass is 79.9. The molecule has 37 heavy (non-hydrogen) atoms. The zero-order chi connectivity index (χ0) is 28.2. The van der Waals surface area contributed by atoms with Crippen molar-refractivity contribution >= 4 is 27.6 Å². The number of carbonyl (C=O) groups is 1. The number of aromatic nitrogens is 2. The lowest BCUT2D eigenvalue weighted by molar-refractivity contribution is -0.151. The lowest BCUT2D eigenvalue weighted by atomic mass is 10.1. The van der Waals surface area contributed by atoms with Gasteiger partial charge >= 0.3 is 24.5 Å². The molecular formula is C21H19BrF9N3O3. The van der Waals surface area contributed by atoms with Crippen LogP contribution in [0.1, 0.15) is 49.9 Å². The molecule has 0 bridgehead atoms. The van der Waals surface area contributed by atoms with E-state index < -0.39 is 69.8 Å². The molecule has 2 aromatic rings. The van der Waals surface area contributed by atoms with E-state index in [9.17, 15) is 44.3 Å². The number of alkyl halides is 9. The number of esters is 1. The van der Waals surface area contributed by atoms with Gasteiger partial charge in [-0.2, -0.15) is 39.5 Å². The maximum absolute atomic E-state index is 13.5. The fourth-order valence-corrected chi connectivity index (χ4v) is 3.42. The number of nitrogens with zero attached hydrogens (tertiary/aromatic N) is 3. The predicted molar refractivity (Wildman–Crippen MR) is 113 cm³/mol. The molecule has 0 saturated carbocycles. The largest absolute Gasteiger partial charge is 0.442 e. The quantitative estimate of drug-likeness (QED) is 0.183. The maximum Gasteiger partial charge on any atom is 0.433 e. The van der Waals surface area contributed by atoms with E-state index in [1.54, 1.807) is 13.8 Å². The van der Waals surface area contributed by atoms with E-state index in [-0.39, 0.29) is 31.5 Å². The van der Waals surface area contributed by atoms with E-state index in [1.807, 2.05) is 0 Å². The number of rotatable bonds is 8. The summed E-state index contributed by atoms with van der Waals surface area (Å²) in [5, 5.41) is 0. The zero-order valence-corrected chi connectivity index (χ0v) is 20.7. The van der Waals surface area contributed by atoms with Gasteiger partial charge in [0, 0.05) is 19.0 Å². The van der Waals surface area contributed by atoms with Crippen LogP contribution >= 0.6 is 15.9 Å². The summed E-state index contributed by atoms with van der Waals surface area (Å²) in [4.78, 5) is 18.5. The van der Waals surface area contributed by atoms with Gasteiger partial charge in [-0.15, -0.1) is 0 Å². The zero-order valence-electron chi connectivity index (χ0n) is 19.1. The van der Waals surface area contributed by atoms with Crippen LogP contribution < -0.4 is 10.4 Å². The Balaban J connectivity index is 2.82. The van der Waals surface area contributed by atoms with Crippen LogP contribution in [-0.2, 0) is 34.6 Å². The number of halogens is 10. The summed E-state index contributed by atoms with van der Waals surface area (Å²) in [6.45, 7) is 2.31. The van der Waals surface area contributed by atoms with Crippen molar-refractivity contribution in [1.82, 2.24) is 9.55 Å². The second-order valence-corrected chi connectivity index (χ2v) is 8.21. The van der Waals surface area contributed by atoms with Gasteiger partial charge in [0.1, 0.15) is 0 Å². The van der Waals surface area contributed by atoms with Crippen molar-refractivity contribution in [3.63, 3.8) is 0 Å². The fraction of sp³-hybridized carbons (Fsp3) is 0.476. The molecule has 1 heterocycles. The Morgan fingerprint density at radius 1 is 0.973 bits per heavy atom. The summed E-state index contributed by atoms with van der Waals surface area (Å²) < 4.78 is 131. The average Bonchev–Trinajstić information content (AvgIpc) is 2.74. The smallest absolute Gasteiger partial charge is 0.433 e. The molecule has 0 N–H and O–H groups in total. The average molecular weight is 612 g/mol. The molecule has 16 heteroatoms. The molecule has 0 radical (unpaired) electrons. The Hall–Kier alpha value is -2.78. The van der Waals surface area contributed by atoms with Crippen molar-refractivity contribution in [2.45, 2.75) is 58.2 Å². The lowest BCUT2D eigenvalue weighted by Gasteiger charge is -2.18. The van der Waals surface area contributed by atoms with Crippen LogP contribution in [0.3, 0.4) is 0 Å². The first-order valence-electron chi connectivity index (χ1n) is 10.5. The second-order valence-electron chi connectivity index (χ2n) is 7.42. The molecule has 0 saturated heterocycles. The summed E-state index contributed by atoms with van der Waals surface area (Å²) >= 11 is 2.56. The third-order valence-electron chi connectivity index (χ3n) is 4.51. The molecule has 0 aliphatic carbocycles. The highest BCUT2D eigenvalue weighted by molar-refractivity contribution is 9.10. The highest BCUT2D eigenvalue weighted by Crippen LogP contribution is 2.43. The van der Waals surface area contributed by atoms with Crippen LogP contribution in [-0.4, -0.2) is 22.3 Å². The van der Waals surface area contributed by atoms with Crippen LogP contribution in [0.2, 0.25) is 0 Å². The van der Waals surface area contributed by atoms with E-state index in [1.165, 1.54) is 0 Å². The molecule has 0 unspecified atom stereocenters. The van der Waals surface area contributed by atoms with E-state index >= 15 is 0 Å². The molecule has 0 aliphatic heterocycles. The van der Waals surface area contributed by atoms with Gasteiger partial charge in [-0.1, -0.05) is 13.8 Å². The van der Waals surface area contributed by atoms with Gasteiger partial charge in [0.25, 0.3) is 0 Å². The van der Waals surface area contributed by atoms with Gasteiger partial charge in [0.05, 0.1) is 21.3 Å². The molecule has 0 aliphatic rings. The monoisotopic (exact) mass is 611 g/mol. The van der Waals surface area contributed by atoms with Crippen molar-refractivity contribution in [2.75, 3.05) is 6.79 Å². The summed E-state index contributed by atoms with van der Waals surface area (Å²) in [6, 6.07) is 0.539. The van der Waals surface area contributed by atoms with Gasteiger partial charge in [-0.25, -0.2) is 9.98 Å². The SMILES string of the molecule is CCCC(=O)OCOc1cc(C(F)(F)F)nc(=Nc2cc(C(F)(F)F)cc(C(F)(F)F)c2Br)n1CCC. The molecule has 0 amide bonds. The van der Waals surface area contributed by atoms with Crippen LogP contribution in [0.15, 0.2) is 27.7 Å². The molecule has 0 fully saturated rings. The first kappa shape index (κ1) is 30.4. The minimum atomic E-state index is -5.25. The molecule has 6 nitrogen and oxygen atoms in total. The maximum atomic E-state index is 13.5. The molecule has 1 aromatic heterocycles. The Morgan fingerprint density at radius 3 is 2.14 bits per heavy atom. The summed E-state index contributed by atoms with van der Waals surface area (Å²) in [6.07, 6.45) is -14.9. The first-order chi connectivity index (χ1) is 17.0. The minimum absolute atomic E-state index is 0.00810. The van der Waals surface area contributed by atoms with Crippen molar-refractivity contribution in [3.8, 4) is 5.88 Å². The Kier molecular flexibility index (Phi) is 9.65. The Bertz CT molecular complexity index is 1190. The highest BCUT2D eigenvalue weighted by Gasteiger charge is 2.39. The third-order valence-corrected chi connectivity index (χ3v) is 5.35. The number of hydrogen-bond acceptors (Lipinski definition) is 5. The summed E-state index contributed by atoms with van der Waals surface area (Å²) in [5.74, 6) is -1.28. The number of carbonyl (C=O) groups excluding carboxylic acids is 1. The van der Waals surface area contributed by atoms with Crippen molar-refractivity contribution < 1.29 is 53.8 Å². The Morgan fingerprint density at radius 2 is 1.62 bits per heavy atom. The minimum Gasteiger partial charge on any atom is -0.442 e. The summed E-state index contributed by atoms with van der Waals surface area (Å²) in [5.41, 5.74) is -6.92. The van der Waals surface area contributed by atoms with Gasteiger partial charge in [0.2, 0.25) is 18.3 Å². The molecule has 2 rings (SSSR count). The van der Waals surface area contributed by atoms with Crippen LogP contribution in [0.5, 0.6) is 5.88 Å². The van der Waals surface area contributed by atoms with E-state index in [2.05, 4.69) is 25.9 Å². The molecule has 206 valence electrons. The van der Waals surface area contributed by atoms with E-state index in [4.69, 9.17) is 9.47 Å². The van der Waals surface area contributed by atoms with Gasteiger partial charge in [0.15, 0.2) is 5.69 Å². The summed E-state index contributed by atoms with van der Waals surface area (Å²) in [7, 11) is 0. The number of hydrogen-bond donors (Lipinski definition) is 0. The van der Waals surface area contributed by atoms with Crippen molar-refractivity contribution in [2.24, 2.45) is 4.99 Å². The van der Waals surface area contributed by atoms with E-state index in [0.717, 1.165) is 4.57 Å². The van der Waals surface area contributed by atoms with E-state index in [0.29, 0.717) is 12.5 Å². The fourth-order valence-electron chi connectivity index (χ4n) is 2.88. The van der Waals surface area contributed by atoms with Gasteiger partial charge in [-0.3, -0.25) is 9.36 Å². The van der Waals surface area contributed by atoms with Gasteiger partial charge in [-0.05, 0) is 40.9 Å². The third kappa shape index (κ3) is 8.10. The molecule has 0 atom stereocenters. The van der Waals surface area contributed by atoms with Crippen LogP contribution in [0.25, 0.3) is 0 Å². The van der Waals surface area contributed by atoms with Crippen LogP contribution in [0, 0.1) is 0 Å². The molecular weight excluding hydrogens is 593 g/mol. The standard InChI is InChI=1S/C21H19BrF9N3O3/c1-3-5-16(35)37-10-36-15-9-14(21(29,30)31)33-18(34(15)6-4-2)32-13-8-11(19(23,24)25)7-12(17(13)22)20(26,27)28/h7-9H,3-6,10H2,1-2H3. The van der Waals surface area contributed by atoms with Crippen molar-refractivity contribution in [3.05, 3.63) is 45.1 Å². The molecule has 0 spiro atoms. The lowest BCUT2D eigenvalue weighted by Crippen LogP contribution is -2.30. The van der Waals surface area contributed by atoms with Gasteiger partial charge < -0.3 is 9.47 Å². The normalized spacial score (nSPS) is 13.1. The second kappa shape index (κ2) is 11.7. The topological polar surface area (TPSA) is 65.7 Å². The van der Waals surface area contributed by atoms with Crippen molar-refractivity contribution in [1.29, 1.82) is 0 Å². The molecule has 1 aromatic carbocycles. The number of ether oxygens (including phenoxy) is 2. The first-order valence-corrected chi connectivity index (χ1v) is 11.3. The predicted octanol–water partition coefficient (Wildman–Crippen LogP) is 7.02. The number of benzene rings is 1.